The van der Waals surface area contributed by atoms with E-state index in [1.807, 2.05) is 32.3 Å². The number of carbonyl (C=O) groups excluding carboxylic acids is 1. The molecule has 1 rings (SSSR count). The van der Waals surface area contributed by atoms with Crippen LogP contribution in [0.25, 0.3) is 0 Å². The van der Waals surface area contributed by atoms with Crippen LogP contribution in [0.15, 0.2) is 24.3 Å². The maximum Gasteiger partial charge on any atom is 0.303 e. The lowest BCUT2D eigenvalue weighted by atomic mass is 10.1. The summed E-state index contributed by atoms with van der Waals surface area (Å²) in [5.41, 5.74) is 2.32. The van der Waals surface area contributed by atoms with E-state index >= 15 is 0 Å². The lowest BCUT2D eigenvalue weighted by molar-refractivity contribution is -0.137. The fourth-order valence-corrected chi connectivity index (χ4v) is 2.07. The maximum atomic E-state index is 11.7. The summed E-state index contributed by atoms with van der Waals surface area (Å²) in [6.45, 7) is 1.35. The molecule has 1 aromatic carbocycles. The average molecular weight is 292 g/mol. The van der Waals surface area contributed by atoms with Crippen LogP contribution in [-0.4, -0.2) is 36.0 Å². The molecule has 116 valence electrons. The van der Waals surface area contributed by atoms with Gasteiger partial charge in [0.1, 0.15) is 0 Å². The van der Waals surface area contributed by atoms with E-state index in [0.29, 0.717) is 25.8 Å². The molecule has 0 saturated heterocycles. The lowest BCUT2D eigenvalue weighted by Gasteiger charge is -2.14. The van der Waals surface area contributed by atoms with Crippen molar-refractivity contribution in [3.05, 3.63) is 35.4 Å². The van der Waals surface area contributed by atoms with Gasteiger partial charge in [-0.1, -0.05) is 24.3 Å². The molecule has 21 heavy (non-hydrogen) atoms. The van der Waals surface area contributed by atoms with Crippen LogP contribution in [0.2, 0.25) is 0 Å². The number of unbranched alkanes of at least 4 members (excludes halogenated alkanes) is 1. The third-order valence-electron chi connectivity index (χ3n) is 3.13. The number of aliphatic carboxylic acids is 1. The first kappa shape index (κ1) is 17.2. The van der Waals surface area contributed by atoms with Crippen LogP contribution < -0.4 is 5.32 Å². The van der Waals surface area contributed by atoms with Crippen LogP contribution in [0.4, 0.5) is 0 Å². The first-order valence-electron chi connectivity index (χ1n) is 7.19. The Morgan fingerprint density at radius 2 is 1.71 bits per heavy atom. The molecule has 0 heterocycles. The molecule has 0 bridgehead atoms. The van der Waals surface area contributed by atoms with Gasteiger partial charge in [-0.2, -0.15) is 0 Å². The largest absolute Gasteiger partial charge is 0.481 e. The van der Waals surface area contributed by atoms with Gasteiger partial charge in [-0.15, -0.1) is 0 Å². The van der Waals surface area contributed by atoms with Gasteiger partial charge in [-0.3, -0.25) is 9.59 Å². The topological polar surface area (TPSA) is 69.6 Å². The number of rotatable bonds is 9. The summed E-state index contributed by atoms with van der Waals surface area (Å²) in [4.78, 5) is 24.2. The van der Waals surface area contributed by atoms with E-state index in [9.17, 15) is 9.59 Å². The molecule has 5 nitrogen and oxygen atoms in total. The van der Waals surface area contributed by atoms with E-state index < -0.39 is 5.97 Å². The smallest absolute Gasteiger partial charge is 0.303 e. The predicted octanol–water partition coefficient (Wildman–Crippen LogP) is 2.01. The number of carboxylic acid groups (broad SMARTS) is 1. The Balaban J connectivity index is 2.37. The number of amides is 1. The molecular formula is C16H24N2O3. The highest BCUT2D eigenvalue weighted by Crippen LogP contribution is 2.10. The van der Waals surface area contributed by atoms with E-state index in [4.69, 9.17) is 5.11 Å². The minimum Gasteiger partial charge on any atom is -0.481 e. The molecule has 0 fully saturated rings. The van der Waals surface area contributed by atoms with E-state index in [1.165, 1.54) is 5.56 Å². The SMILES string of the molecule is CN(C)Cc1ccccc1CNC(=O)CCCCC(=O)O. The van der Waals surface area contributed by atoms with Crippen LogP contribution in [-0.2, 0) is 22.7 Å². The van der Waals surface area contributed by atoms with Crippen molar-refractivity contribution in [1.82, 2.24) is 10.2 Å². The first-order chi connectivity index (χ1) is 9.99. The highest BCUT2D eigenvalue weighted by atomic mass is 16.4. The monoisotopic (exact) mass is 292 g/mol. The van der Waals surface area contributed by atoms with Gasteiger partial charge in [-0.25, -0.2) is 0 Å². The van der Waals surface area contributed by atoms with Gasteiger partial charge in [-0.05, 0) is 38.1 Å². The van der Waals surface area contributed by atoms with Gasteiger partial charge < -0.3 is 15.3 Å². The Bertz CT molecular complexity index is 472. The fourth-order valence-electron chi connectivity index (χ4n) is 2.07. The Kier molecular flexibility index (Phi) is 7.46. The van der Waals surface area contributed by atoms with Gasteiger partial charge in [0.25, 0.3) is 0 Å². The highest BCUT2D eigenvalue weighted by Gasteiger charge is 2.06. The molecule has 0 atom stereocenters. The van der Waals surface area contributed by atoms with E-state index in [0.717, 1.165) is 12.1 Å². The van der Waals surface area contributed by atoms with Gasteiger partial charge >= 0.3 is 5.97 Å². The first-order valence-corrected chi connectivity index (χ1v) is 7.19. The summed E-state index contributed by atoms with van der Waals surface area (Å²) < 4.78 is 0. The van der Waals surface area contributed by atoms with Crippen molar-refractivity contribution in [2.24, 2.45) is 0 Å². The minimum atomic E-state index is -0.812. The molecule has 0 unspecified atom stereocenters. The van der Waals surface area contributed by atoms with E-state index in [1.54, 1.807) is 0 Å². The zero-order chi connectivity index (χ0) is 15.7. The van der Waals surface area contributed by atoms with Crippen LogP contribution in [0.3, 0.4) is 0 Å². The Morgan fingerprint density at radius 1 is 1.10 bits per heavy atom. The fraction of sp³-hybridized carbons (Fsp3) is 0.500. The van der Waals surface area contributed by atoms with Crippen molar-refractivity contribution < 1.29 is 14.7 Å². The molecule has 0 saturated carbocycles. The lowest BCUT2D eigenvalue weighted by Crippen LogP contribution is -2.23. The quantitative estimate of drug-likeness (QED) is 0.683. The highest BCUT2D eigenvalue weighted by molar-refractivity contribution is 5.76. The second-order valence-electron chi connectivity index (χ2n) is 5.38. The number of carboxylic acids is 1. The minimum absolute atomic E-state index is 0.0277. The summed E-state index contributed by atoms with van der Waals surface area (Å²) >= 11 is 0. The molecule has 1 amide bonds. The van der Waals surface area contributed by atoms with Gasteiger partial charge in [0.05, 0.1) is 0 Å². The Hall–Kier alpha value is -1.88. The Morgan fingerprint density at radius 3 is 2.33 bits per heavy atom. The van der Waals surface area contributed by atoms with Crippen molar-refractivity contribution in [3.8, 4) is 0 Å². The second kappa shape index (κ2) is 9.13. The van der Waals surface area contributed by atoms with Crippen molar-refractivity contribution in [2.75, 3.05) is 14.1 Å². The molecule has 0 radical (unpaired) electrons. The molecule has 1 aromatic rings. The van der Waals surface area contributed by atoms with Crippen molar-refractivity contribution in [2.45, 2.75) is 38.8 Å². The second-order valence-corrected chi connectivity index (χ2v) is 5.38. The predicted molar refractivity (Wildman–Crippen MR) is 81.8 cm³/mol. The molecule has 0 spiro atoms. The zero-order valence-corrected chi connectivity index (χ0v) is 12.8. The van der Waals surface area contributed by atoms with Crippen molar-refractivity contribution in [1.29, 1.82) is 0 Å². The van der Waals surface area contributed by atoms with Crippen LogP contribution in [0.5, 0.6) is 0 Å². The molecule has 0 aliphatic heterocycles. The third kappa shape index (κ3) is 7.46. The summed E-state index contributed by atoms with van der Waals surface area (Å²) in [6, 6.07) is 8.04. The summed E-state index contributed by atoms with van der Waals surface area (Å²) in [6.07, 6.45) is 1.65. The molecule has 2 N–H and O–H groups in total. The number of hydrogen-bond donors (Lipinski definition) is 2. The summed E-state index contributed by atoms with van der Waals surface area (Å²) in [5.74, 6) is -0.840. The zero-order valence-electron chi connectivity index (χ0n) is 12.8. The van der Waals surface area contributed by atoms with Crippen LogP contribution >= 0.6 is 0 Å². The van der Waals surface area contributed by atoms with Crippen LogP contribution in [0, 0.1) is 0 Å². The van der Waals surface area contributed by atoms with E-state index in [-0.39, 0.29) is 12.3 Å². The Labute approximate surface area is 126 Å². The average Bonchev–Trinajstić information content (AvgIpc) is 2.42. The van der Waals surface area contributed by atoms with Crippen LogP contribution in [0.1, 0.15) is 36.8 Å². The third-order valence-corrected chi connectivity index (χ3v) is 3.13. The number of benzene rings is 1. The van der Waals surface area contributed by atoms with Gasteiger partial charge in [0.2, 0.25) is 5.91 Å². The van der Waals surface area contributed by atoms with Crippen molar-refractivity contribution in [3.63, 3.8) is 0 Å². The molecule has 5 heteroatoms. The van der Waals surface area contributed by atoms with Gasteiger partial charge in [0, 0.05) is 25.9 Å². The molecule has 0 aliphatic carbocycles. The molecule has 0 aromatic heterocycles. The molecule has 0 aliphatic rings. The maximum absolute atomic E-state index is 11.7. The molecular weight excluding hydrogens is 268 g/mol. The number of hydrogen-bond acceptors (Lipinski definition) is 3. The summed E-state index contributed by atoms with van der Waals surface area (Å²) in [7, 11) is 4.02. The standard InChI is InChI=1S/C16H24N2O3/c1-18(2)12-14-8-4-3-7-13(14)11-17-15(19)9-5-6-10-16(20)21/h3-4,7-8H,5-6,9-12H2,1-2H3,(H,17,19)(H,20,21). The normalized spacial score (nSPS) is 10.6. The van der Waals surface area contributed by atoms with E-state index in [2.05, 4.69) is 16.3 Å². The van der Waals surface area contributed by atoms with Gasteiger partial charge in [0.15, 0.2) is 0 Å². The number of carbonyl (C=O) groups is 2. The number of nitrogens with zero attached hydrogens (tertiary/aromatic N) is 1. The van der Waals surface area contributed by atoms with Crippen molar-refractivity contribution >= 4 is 11.9 Å². The number of nitrogens with one attached hydrogen (secondary N) is 1. The summed E-state index contributed by atoms with van der Waals surface area (Å²) in [5, 5.41) is 11.4.